The van der Waals surface area contributed by atoms with Crippen LogP contribution in [0, 0.1) is 0 Å². The van der Waals surface area contributed by atoms with Gasteiger partial charge in [0.1, 0.15) is 0 Å². The highest BCUT2D eigenvalue weighted by Gasteiger charge is 2.22. The Morgan fingerprint density at radius 3 is 2.80 bits per heavy atom. The molecule has 0 saturated heterocycles. The van der Waals surface area contributed by atoms with Gasteiger partial charge in [0.25, 0.3) is 0 Å². The Balaban J connectivity index is 2.27. The van der Waals surface area contributed by atoms with Crippen molar-refractivity contribution in [3.05, 3.63) is 0 Å². The largest absolute Gasteiger partial charge is 0.392 e. The lowest BCUT2D eigenvalue weighted by atomic mass is 10.1. The lowest BCUT2D eigenvalue weighted by Gasteiger charge is -2.25. The first-order valence-corrected chi connectivity index (χ1v) is 7.41. The van der Waals surface area contributed by atoms with Gasteiger partial charge in [-0.05, 0) is 25.5 Å². The molecule has 0 heterocycles. The molecule has 2 N–H and O–H groups in total. The van der Waals surface area contributed by atoms with E-state index >= 15 is 0 Å². The molecule has 1 fully saturated rings. The predicted octanol–water partition coefficient (Wildman–Crippen LogP) is 2.41. The average Bonchev–Trinajstić information content (AvgIpc) is 2.42. The molecule has 3 unspecified atom stereocenters. The first-order valence-electron chi connectivity index (χ1n) is 6.26. The van der Waals surface area contributed by atoms with Crippen LogP contribution in [0.2, 0.25) is 0 Å². The third-order valence-electron chi connectivity index (χ3n) is 3.05. The highest BCUT2D eigenvalue weighted by Crippen LogP contribution is 2.18. The van der Waals surface area contributed by atoms with E-state index in [0.29, 0.717) is 12.1 Å². The van der Waals surface area contributed by atoms with Gasteiger partial charge < -0.3 is 10.4 Å². The summed E-state index contributed by atoms with van der Waals surface area (Å²) in [6.07, 6.45) is 5.74. The van der Waals surface area contributed by atoms with Gasteiger partial charge in [-0.2, -0.15) is 11.8 Å². The summed E-state index contributed by atoms with van der Waals surface area (Å²) in [6.45, 7) is 4.41. The Bertz CT molecular complexity index is 166. The number of hydrogen-bond acceptors (Lipinski definition) is 3. The third-order valence-corrected chi connectivity index (χ3v) is 4.19. The number of aliphatic hydroxyl groups excluding tert-OH is 1. The van der Waals surface area contributed by atoms with Crippen molar-refractivity contribution < 1.29 is 5.11 Å². The Morgan fingerprint density at radius 2 is 2.07 bits per heavy atom. The van der Waals surface area contributed by atoms with Crippen LogP contribution in [0.25, 0.3) is 0 Å². The summed E-state index contributed by atoms with van der Waals surface area (Å²) in [7, 11) is 0. The fraction of sp³-hybridized carbons (Fsp3) is 1.00. The maximum Gasteiger partial charge on any atom is 0.0693 e. The van der Waals surface area contributed by atoms with Crippen LogP contribution in [0.4, 0.5) is 0 Å². The first kappa shape index (κ1) is 13.3. The molecule has 0 aromatic carbocycles. The lowest BCUT2D eigenvalue weighted by molar-refractivity contribution is 0.116. The summed E-state index contributed by atoms with van der Waals surface area (Å²) in [5.41, 5.74) is 0. The van der Waals surface area contributed by atoms with Crippen LogP contribution in [0.3, 0.4) is 0 Å². The minimum atomic E-state index is -0.124. The molecule has 90 valence electrons. The summed E-state index contributed by atoms with van der Waals surface area (Å²) in [5.74, 6) is 2.33. The van der Waals surface area contributed by atoms with E-state index in [1.54, 1.807) is 0 Å². The van der Waals surface area contributed by atoms with Crippen LogP contribution in [-0.4, -0.2) is 34.8 Å². The summed E-state index contributed by atoms with van der Waals surface area (Å²) >= 11 is 1.97. The molecule has 1 aliphatic carbocycles. The van der Waals surface area contributed by atoms with Crippen molar-refractivity contribution in [2.45, 2.75) is 64.1 Å². The first-order chi connectivity index (χ1) is 7.24. The van der Waals surface area contributed by atoms with Gasteiger partial charge in [0.15, 0.2) is 0 Å². The Hall–Kier alpha value is 0.270. The van der Waals surface area contributed by atoms with E-state index in [4.69, 9.17) is 0 Å². The normalized spacial score (nSPS) is 29.8. The van der Waals surface area contributed by atoms with E-state index in [0.717, 1.165) is 18.6 Å². The van der Waals surface area contributed by atoms with Crippen molar-refractivity contribution >= 4 is 11.8 Å². The van der Waals surface area contributed by atoms with E-state index in [2.05, 4.69) is 19.2 Å². The van der Waals surface area contributed by atoms with Crippen LogP contribution < -0.4 is 5.32 Å². The minimum absolute atomic E-state index is 0.124. The molecule has 0 radical (unpaired) electrons. The maximum absolute atomic E-state index is 9.95. The molecular formula is C12H25NOS. The molecule has 2 nitrogen and oxygen atoms in total. The number of thioether (sulfide) groups is 1. The van der Waals surface area contributed by atoms with Gasteiger partial charge in [0, 0.05) is 17.8 Å². The monoisotopic (exact) mass is 231 g/mol. The SMILES string of the molecule is CCSCC(C)NC1CCCCCC1O. The Kier molecular flexibility index (Phi) is 6.69. The fourth-order valence-electron chi connectivity index (χ4n) is 2.19. The number of nitrogens with one attached hydrogen (secondary N) is 1. The summed E-state index contributed by atoms with van der Waals surface area (Å²) in [4.78, 5) is 0. The van der Waals surface area contributed by atoms with Gasteiger partial charge in [0.2, 0.25) is 0 Å². The quantitative estimate of drug-likeness (QED) is 0.713. The lowest BCUT2D eigenvalue weighted by Crippen LogP contribution is -2.44. The molecule has 1 aliphatic rings. The van der Waals surface area contributed by atoms with E-state index in [-0.39, 0.29) is 6.10 Å². The molecule has 1 saturated carbocycles. The second kappa shape index (κ2) is 7.53. The van der Waals surface area contributed by atoms with Gasteiger partial charge in [-0.1, -0.05) is 26.2 Å². The maximum atomic E-state index is 9.95. The smallest absolute Gasteiger partial charge is 0.0693 e. The molecule has 0 aliphatic heterocycles. The molecular weight excluding hydrogens is 206 g/mol. The molecule has 15 heavy (non-hydrogen) atoms. The molecule has 3 atom stereocenters. The van der Waals surface area contributed by atoms with Gasteiger partial charge in [0.05, 0.1) is 6.10 Å². The van der Waals surface area contributed by atoms with Crippen molar-refractivity contribution in [2.75, 3.05) is 11.5 Å². The molecule has 1 rings (SSSR count). The van der Waals surface area contributed by atoms with E-state index in [9.17, 15) is 5.11 Å². The number of aliphatic hydroxyl groups is 1. The number of rotatable bonds is 5. The van der Waals surface area contributed by atoms with Crippen molar-refractivity contribution in [2.24, 2.45) is 0 Å². The summed E-state index contributed by atoms with van der Waals surface area (Å²) in [5, 5.41) is 13.5. The topological polar surface area (TPSA) is 32.3 Å². The highest BCUT2D eigenvalue weighted by atomic mass is 32.2. The van der Waals surface area contributed by atoms with Crippen LogP contribution in [0.15, 0.2) is 0 Å². The van der Waals surface area contributed by atoms with E-state index in [1.807, 2.05) is 11.8 Å². The van der Waals surface area contributed by atoms with Crippen LogP contribution >= 0.6 is 11.8 Å². The molecule has 0 spiro atoms. The highest BCUT2D eigenvalue weighted by molar-refractivity contribution is 7.99. The number of hydrogen-bond donors (Lipinski definition) is 2. The fourth-order valence-corrected chi connectivity index (χ4v) is 2.88. The zero-order chi connectivity index (χ0) is 11.1. The van der Waals surface area contributed by atoms with Crippen LogP contribution in [0.5, 0.6) is 0 Å². The van der Waals surface area contributed by atoms with E-state index in [1.165, 1.54) is 25.0 Å². The molecule has 3 heteroatoms. The van der Waals surface area contributed by atoms with Gasteiger partial charge in [-0.25, -0.2) is 0 Å². The second-order valence-electron chi connectivity index (χ2n) is 4.54. The molecule has 0 aromatic rings. The molecule has 0 amide bonds. The van der Waals surface area contributed by atoms with E-state index < -0.39 is 0 Å². The van der Waals surface area contributed by atoms with Crippen molar-refractivity contribution in [1.29, 1.82) is 0 Å². The predicted molar refractivity (Wildman–Crippen MR) is 68.5 cm³/mol. The van der Waals surface area contributed by atoms with Crippen molar-refractivity contribution in [3.8, 4) is 0 Å². The summed E-state index contributed by atoms with van der Waals surface area (Å²) < 4.78 is 0. The average molecular weight is 231 g/mol. The van der Waals surface area contributed by atoms with Gasteiger partial charge in [-0.15, -0.1) is 0 Å². The van der Waals surface area contributed by atoms with Gasteiger partial charge in [-0.3, -0.25) is 0 Å². The van der Waals surface area contributed by atoms with Crippen molar-refractivity contribution in [1.82, 2.24) is 5.32 Å². The minimum Gasteiger partial charge on any atom is -0.392 e. The Labute approximate surface area is 98.2 Å². The van der Waals surface area contributed by atoms with Gasteiger partial charge >= 0.3 is 0 Å². The molecule has 0 aromatic heterocycles. The van der Waals surface area contributed by atoms with Crippen LogP contribution in [0.1, 0.15) is 46.0 Å². The summed E-state index contributed by atoms with van der Waals surface area (Å²) in [6, 6.07) is 0.854. The zero-order valence-electron chi connectivity index (χ0n) is 10.0. The third kappa shape index (κ3) is 5.23. The standard InChI is InChI=1S/C12H25NOS/c1-3-15-9-10(2)13-11-7-5-4-6-8-12(11)14/h10-14H,3-9H2,1-2H3. The second-order valence-corrected chi connectivity index (χ2v) is 5.86. The Morgan fingerprint density at radius 1 is 1.33 bits per heavy atom. The zero-order valence-corrected chi connectivity index (χ0v) is 10.9. The molecule has 0 bridgehead atoms. The van der Waals surface area contributed by atoms with Crippen molar-refractivity contribution in [3.63, 3.8) is 0 Å². The van der Waals surface area contributed by atoms with Crippen LogP contribution in [-0.2, 0) is 0 Å².